The zero-order chi connectivity index (χ0) is 21.3. The summed E-state index contributed by atoms with van der Waals surface area (Å²) in [5.41, 5.74) is 2.74. The minimum Gasteiger partial charge on any atom is -0.508 e. The summed E-state index contributed by atoms with van der Waals surface area (Å²) in [6, 6.07) is 18.3. The number of benzene rings is 3. The molecule has 30 heavy (non-hydrogen) atoms. The van der Waals surface area contributed by atoms with Gasteiger partial charge in [0.2, 0.25) is 5.78 Å². The van der Waals surface area contributed by atoms with Gasteiger partial charge in [0.1, 0.15) is 11.5 Å². The van der Waals surface area contributed by atoms with Crippen LogP contribution in [0, 0.1) is 0 Å². The highest BCUT2D eigenvalue weighted by atomic mass is 32.1. The molecule has 4 rings (SSSR count). The molecule has 148 valence electrons. The quantitative estimate of drug-likeness (QED) is 0.303. The lowest BCUT2D eigenvalue weighted by molar-refractivity contribution is -0.131. The number of rotatable bonds is 5. The predicted molar refractivity (Wildman–Crippen MR) is 117 cm³/mol. The van der Waals surface area contributed by atoms with Crippen LogP contribution in [0.4, 0.5) is 0 Å². The first-order valence-electron chi connectivity index (χ1n) is 9.03. The minimum atomic E-state index is -1.02. The van der Waals surface area contributed by atoms with Crippen LogP contribution in [0.15, 0.2) is 72.8 Å². The van der Waals surface area contributed by atoms with Crippen LogP contribution in [0.2, 0.25) is 0 Å². The van der Waals surface area contributed by atoms with Gasteiger partial charge in [-0.15, -0.1) is 11.3 Å². The number of phenols is 2. The van der Waals surface area contributed by atoms with Crippen molar-refractivity contribution in [2.45, 2.75) is 0 Å². The highest BCUT2D eigenvalue weighted by Gasteiger charge is 2.21. The van der Waals surface area contributed by atoms with E-state index in [1.807, 2.05) is 12.1 Å². The number of carboxylic acid groups (broad SMARTS) is 1. The standard InChI is InChI=1S/C24H16O5S/c25-17-8-6-16(7-9-17)23(29)24-22(19-11-10-18(26)13-20(19)30-24)15-4-1-14(2-5-15)3-12-21(27)28/h1-13,25-26H,(H,27,28)/b12-3+. The van der Waals surface area contributed by atoms with E-state index in [0.717, 1.165) is 32.9 Å². The molecule has 0 spiro atoms. The third-order valence-corrected chi connectivity index (χ3v) is 5.78. The molecule has 0 atom stereocenters. The van der Waals surface area contributed by atoms with Gasteiger partial charge in [0.25, 0.3) is 0 Å². The summed E-state index contributed by atoms with van der Waals surface area (Å²) >= 11 is 1.29. The molecule has 6 heteroatoms. The van der Waals surface area contributed by atoms with Crippen molar-refractivity contribution in [2.24, 2.45) is 0 Å². The molecule has 0 aliphatic rings. The van der Waals surface area contributed by atoms with Crippen molar-refractivity contribution >= 4 is 39.3 Å². The fourth-order valence-corrected chi connectivity index (χ4v) is 4.42. The molecule has 0 saturated carbocycles. The Balaban J connectivity index is 1.85. The van der Waals surface area contributed by atoms with Crippen molar-refractivity contribution in [3.05, 3.63) is 88.8 Å². The smallest absolute Gasteiger partial charge is 0.328 e. The topological polar surface area (TPSA) is 94.8 Å². The van der Waals surface area contributed by atoms with Crippen LogP contribution in [-0.2, 0) is 4.79 Å². The molecule has 0 unspecified atom stereocenters. The molecule has 0 aliphatic carbocycles. The van der Waals surface area contributed by atoms with Gasteiger partial charge in [-0.3, -0.25) is 4.79 Å². The molecule has 0 aliphatic heterocycles. The molecule has 0 saturated heterocycles. The minimum absolute atomic E-state index is 0.0815. The number of phenolic OH excluding ortho intramolecular Hbond substituents is 2. The summed E-state index contributed by atoms with van der Waals surface area (Å²) < 4.78 is 0.780. The van der Waals surface area contributed by atoms with Crippen LogP contribution < -0.4 is 0 Å². The average Bonchev–Trinajstić information content (AvgIpc) is 3.11. The monoisotopic (exact) mass is 416 g/mol. The first-order valence-corrected chi connectivity index (χ1v) is 9.85. The van der Waals surface area contributed by atoms with Crippen LogP contribution in [0.1, 0.15) is 20.8 Å². The van der Waals surface area contributed by atoms with Crippen LogP contribution in [0.25, 0.3) is 27.3 Å². The van der Waals surface area contributed by atoms with Crippen molar-refractivity contribution in [1.29, 1.82) is 0 Å². The maximum atomic E-state index is 13.2. The fraction of sp³-hybridized carbons (Fsp3) is 0. The highest BCUT2D eigenvalue weighted by Crippen LogP contribution is 2.41. The molecular formula is C24H16O5S. The molecule has 0 bridgehead atoms. The highest BCUT2D eigenvalue weighted by molar-refractivity contribution is 7.21. The summed E-state index contributed by atoms with van der Waals surface area (Å²) in [6.45, 7) is 0. The number of carbonyl (C=O) groups is 2. The molecule has 1 aromatic heterocycles. The van der Waals surface area contributed by atoms with E-state index >= 15 is 0 Å². The van der Waals surface area contributed by atoms with Crippen molar-refractivity contribution in [1.82, 2.24) is 0 Å². The largest absolute Gasteiger partial charge is 0.508 e. The third kappa shape index (κ3) is 3.81. The summed E-state index contributed by atoms with van der Waals surface area (Å²) in [5, 5.41) is 29.0. The number of ketones is 1. The molecule has 0 radical (unpaired) electrons. The zero-order valence-corrected chi connectivity index (χ0v) is 16.4. The van der Waals surface area contributed by atoms with Crippen molar-refractivity contribution < 1.29 is 24.9 Å². The van der Waals surface area contributed by atoms with Gasteiger partial charge in [-0.25, -0.2) is 4.79 Å². The molecule has 0 fully saturated rings. The van der Waals surface area contributed by atoms with Crippen molar-refractivity contribution in [3.8, 4) is 22.6 Å². The fourth-order valence-electron chi connectivity index (χ4n) is 3.20. The number of carbonyl (C=O) groups excluding carboxylic acids is 1. The average molecular weight is 416 g/mol. The second-order valence-corrected chi connectivity index (χ2v) is 7.71. The molecule has 3 N–H and O–H groups in total. The Morgan fingerprint density at radius 1 is 0.833 bits per heavy atom. The van der Waals surface area contributed by atoms with Gasteiger partial charge in [-0.1, -0.05) is 24.3 Å². The van der Waals surface area contributed by atoms with Crippen LogP contribution in [0.5, 0.6) is 11.5 Å². The molecule has 4 aromatic rings. The van der Waals surface area contributed by atoms with E-state index in [9.17, 15) is 19.8 Å². The molecule has 5 nitrogen and oxygen atoms in total. The van der Waals surface area contributed by atoms with Crippen LogP contribution in [0.3, 0.4) is 0 Å². The van der Waals surface area contributed by atoms with E-state index in [0.29, 0.717) is 10.4 Å². The lowest BCUT2D eigenvalue weighted by atomic mass is 9.97. The van der Waals surface area contributed by atoms with Crippen LogP contribution >= 0.6 is 11.3 Å². The number of fused-ring (bicyclic) bond motifs is 1. The molecule has 0 amide bonds. The summed E-state index contributed by atoms with van der Waals surface area (Å²) in [6.07, 6.45) is 2.57. The van der Waals surface area contributed by atoms with E-state index in [-0.39, 0.29) is 17.3 Å². The van der Waals surface area contributed by atoms with Gasteiger partial charge in [0.15, 0.2) is 0 Å². The van der Waals surface area contributed by atoms with Crippen molar-refractivity contribution in [2.75, 3.05) is 0 Å². The van der Waals surface area contributed by atoms with Gasteiger partial charge in [0.05, 0.1) is 4.88 Å². The maximum absolute atomic E-state index is 13.2. The van der Waals surface area contributed by atoms with Gasteiger partial charge < -0.3 is 15.3 Å². The van der Waals surface area contributed by atoms with Crippen molar-refractivity contribution in [3.63, 3.8) is 0 Å². The van der Waals surface area contributed by atoms with E-state index in [1.165, 1.54) is 29.5 Å². The predicted octanol–water partition coefficient (Wildman–Crippen LogP) is 5.31. The second-order valence-electron chi connectivity index (χ2n) is 6.66. The van der Waals surface area contributed by atoms with E-state index < -0.39 is 5.97 Å². The van der Waals surface area contributed by atoms with Gasteiger partial charge >= 0.3 is 5.97 Å². The second kappa shape index (κ2) is 7.85. The third-order valence-electron chi connectivity index (χ3n) is 4.63. The Labute approximate surface area is 175 Å². The molecule has 3 aromatic carbocycles. The normalized spacial score (nSPS) is 11.2. The summed E-state index contributed by atoms with van der Waals surface area (Å²) in [7, 11) is 0. The van der Waals surface area contributed by atoms with E-state index in [1.54, 1.807) is 42.5 Å². The Bertz CT molecular complexity index is 1280. The Hall–Kier alpha value is -3.90. The van der Waals surface area contributed by atoms with Gasteiger partial charge in [-0.2, -0.15) is 0 Å². The number of carboxylic acids is 1. The van der Waals surface area contributed by atoms with Gasteiger partial charge in [0, 0.05) is 27.3 Å². The van der Waals surface area contributed by atoms with Crippen LogP contribution in [-0.4, -0.2) is 27.1 Å². The summed E-state index contributed by atoms with van der Waals surface area (Å²) in [4.78, 5) is 24.5. The lowest BCUT2D eigenvalue weighted by Crippen LogP contribution is -2.00. The van der Waals surface area contributed by atoms with E-state index in [2.05, 4.69) is 0 Å². The Kier molecular flexibility index (Phi) is 5.08. The Morgan fingerprint density at radius 2 is 1.50 bits per heavy atom. The lowest BCUT2D eigenvalue weighted by Gasteiger charge is -2.06. The number of aliphatic carboxylic acids is 1. The van der Waals surface area contributed by atoms with E-state index in [4.69, 9.17) is 5.11 Å². The van der Waals surface area contributed by atoms with Gasteiger partial charge in [-0.05, 0) is 59.7 Å². The maximum Gasteiger partial charge on any atom is 0.328 e. The first kappa shape index (κ1) is 19.4. The Morgan fingerprint density at radius 3 is 2.17 bits per heavy atom. The SMILES string of the molecule is O=C(O)/C=C/c1ccc(-c2c(C(=O)c3ccc(O)cc3)sc3cc(O)ccc23)cc1. The summed E-state index contributed by atoms with van der Waals surface area (Å²) in [5.74, 6) is -1.00. The first-order chi connectivity index (χ1) is 14.4. The number of thiophene rings is 1. The zero-order valence-electron chi connectivity index (χ0n) is 15.6. The molecule has 1 heterocycles. The molecular weight excluding hydrogens is 400 g/mol. The number of aromatic hydroxyl groups is 2. The number of hydrogen-bond acceptors (Lipinski definition) is 5. The number of hydrogen-bond donors (Lipinski definition) is 3.